The van der Waals surface area contributed by atoms with Gasteiger partial charge in [-0.1, -0.05) is 0 Å². The van der Waals surface area contributed by atoms with E-state index in [9.17, 15) is 0 Å². The Morgan fingerprint density at radius 1 is 1.00 bits per heavy atom. The van der Waals surface area contributed by atoms with Crippen molar-refractivity contribution in [2.24, 2.45) is 0 Å². The van der Waals surface area contributed by atoms with Gasteiger partial charge in [0, 0.05) is 22.7 Å². The summed E-state index contributed by atoms with van der Waals surface area (Å²) < 4.78 is 34.1. The first-order valence-corrected chi connectivity index (χ1v) is 2.00. The second kappa shape index (κ2) is 7.45. The van der Waals surface area contributed by atoms with Gasteiger partial charge in [0.05, 0.1) is 0 Å². The number of hydrogen-bond donors (Lipinski definition) is 0. The Morgan fingerprint density at radius 2 is 1.00 bits per heavy atom. The summed E-state index contributed by atoms with van der Waals surface area (Å²) in [4.78, 5) is 0. The Hall–Kier alpha value is 0.452. The fourth-order valence-corrected chi connectivity index (χ4v) is 0. The molecule has 0 aliphatic heterocycles. The van der Waals surface area contributed by atoms with Crippen LogP contribution in [0.15, 0.2) is 0 Å². The molecule has 0 aromatic carbocycles. The third-order valence-electron chi connectivity index (χ3n) is 0. The summed E-state index contributed by atoms with van der Waals surface area (Å²) in [6, 6.07) is 0. The molecule has 0 rings (SSSR count). The van der Waals surface area contributed by atoms with Crippen molar-refractivity contribution in [3.63, 3.8) is 0 Å². The maximum absolute atomic E-state index is 8.52. The van der Waals surface area contributed by atoms with Crippen LogP contribution in [-0.4, -0.2) is 17.5 Å². The Kier molecular flexibility index (Phi) is 22.1. The van der Waals surface area contributed by atoms with Crippen molar-refractivity contribution < 1.29 is 37.9 Å². The van der Waals surface area contributed by atoms with Crippen LogP contribution in [0.25, 0.3) is 0 Å². The van der Waals surface area contributed by atoms with Crippen LogP contribution in [0.2, 0.25) is 0 Å². The predicted molar refractivity (Wildman–Crippen MR) is 14.7 cm³/mol. The van der Waals surface area contributed by atoms with Gasteiger partial charge in [0.1, 0.15) is 0 Å². The van der Waals surface area contributed by atoms with Crippen LogP contribution in [0.3, 0.4) is 0 Å². The van der Waals surface area contributed by atoms with Crippen LogP contribution in [0.1, 0.15) is 0 Å². The van der Waals surface area contributed by atoms with E-state index < -0.39 is 10.4 Å². The molecule has 0 N–H and O–H groups in total. The van der Waals surface area contributed by atoms with E-state index in [1.165, 1.54) is 0 Å². The Bertz CT molecular complexity index is 97.2. The van der Waals surface area contributed by atoms with Gasteiger partial charge >= 0.3 is 20.4 Å². The van der Waals surface area contributed by atoms with Crippen molar-refractivity contribution in [3.05, 3.63) is 0 Å². The second-order valence-corrected chi connectivity index (χ2v) is 1.22. The maximum atomic E-state index is 8.52. The van der Waals surface area contributed by atoms with E-state index in [1.54, 1.807) is 0 Å². The normalized spacial score (nSPS) is 7.25. The summed E-state index contributed by atoms with van der Waals surface area (Å²) in [6.45, 7) is 0. The van der Waals surface area contributed by atoms with Gasteiger partial charge in [-0.2, -0.15) is 0 Å². The van der Waals surface area contributed by atoms with Crippen molar-refractivity contribution in [3.8, 4) is 0 Å². The third-order valence-corrected chi connectivity index (χ3v) is 0. The van der Waals surface area contributed by atoms with Crippen LogP contribution in [0.5, 0.6) is 0 Å². The molecule has 0 atom stereocenters. The summed E-state index contributed by atoms with van der Waals surface area (Å²) in [5.74, 6) is 0. The van der Waals surface area contributed by atoms with Gasteiger partial charge in [-0.05, 0) is 0 Å². The molecule has 6 radical (unpaired) electrons. The molecule has 0 saturated heterocycles. The smallest absolute Gasteiger partial charge is 0.759 e. The number of rotatable bonds is 0. The van der Waals surface area contributed by atoms with Gasteiger partial charge < -0.3 is 9.11 Å². The van der Waals surface area contributed by atoms with Crippen molar-refractivity contribution >= 4 is 10.4 Å². The molecule has 0 aliphatic rings. The zero-order valence-corrected chi connectivity index (χ0v) is 5.62. The first-order valence-electron chi connectivity index (χ1n) is 0.667. The van der Waals surface area contributed by atoms with Gasteiger partial charge in [0.15, 0.2) is 0 Å². The van der Waals surface area contributed by atoms with E-state index in [1.807, 2.05) is 0 Å². The fraction of sp³-hybridized carbons (Fsp3) is 0. The van der Waals surface area contributed by atoms with Crippen LogP contribution in [-0.2, 0) is 30.8 Å². The molecule has 0 unspecified atom stereocenters. The molecule has 0 aliphatic carbocycles. The molecule has 0 fully saturated rings. The third kappa shape index (κ3) is 937. The molecule has 0 amide bonds. The fourth-order valence-electron chi connectivity index (χ4n) is 0. The van der Waals surface area contributed by atoms with E-state index in [0.717, 1.165) is 0 Å². The molecule has 0 spiro atoms. The number of nitrogens with zero attached hydrogens (tertiary/aromatic N) is 2. The summed E-state index contributed by atoms with van der Waals surface area (Å²) in [5.41, 5.74) is 0. The predicted octanol–water partition coefficient (Wildman–Crippen LogP) is -2.30. The van der Waals surface area contributed by atoms with Crippen LogP contribution >= 0.6 is 0 Å². The van der Waals surface area contributed by atoms with E-state index in [4.69, 9.17) is 17.5 Å². The molecule has 0 bridgehead atoms. The molecule has 8 heavy (non-hydrogen) atoms. The van der Waals surface area contributed by atoms with Crippen molar-refractivity contribution in [2.45, 2.75) is 0 Å². The average Bonchev–Trinajstić information content (AvgIpc) is 0.722. The van der Waals surface area contributed by atoms with Gasteiger partial charge in [-0.15, -0.1) is 0 Å². The molecule has 50 valence electrons. The molecule has 0 heterocycles. The van der Waals surface area contributed by atoms with Crippen molar-refractivity contribution in [2.75, 3.05) is 0 Å². The zero-order valence-electron chi connectivity index (χ0n) is 3.25. The van der Waals surface area contributed by atoms with Crippen LogP contribution in [0.4, 0.5) is 0 Å². The Labute approximate surface area is 61.1 Å². The minimum atomic E-state index is -5.17. The first-order chi connectivity index (χ1) is 2.00. The van der Waals surface area contributed by atoms with Crippen LogP contribution in [0, 0.1) is 0 Å². The van der Waals surface area contributed by atoms with Crippen LogP contribution < -0.4 is 12.3 Å². The minimum Gasteiger partial charge on any atom is -0.759 e. The molecule has 0 aromatic rings. The second-order valence-electron chi connectivity index (χ2n) is 0.408. The van der Waals surface area contributed by atoms with E-state index in [-0.39, 0.29) is 32.7 Å². The molecular weight excluding hydrogens is 230 g/mol. The first kappa shape index (κ1) is 23.7. The number of hydrogen-bond acceptors (Lipinski definition) is 4. The van der Waals surface area contributed by atoms with E-state index in [0.29, 0.717) is 0 Å². The summed E-state index contributed by atoms with van der Waals surface area (Å²) in [6.07, 6.45) is 0. The van der Waals surface area contributed by atoms with Crippen molar-refractivity contribution in [1.29, 1.82) is 0 Å². The topological polar surface area (TPSA) is 141 Å². The molecule has 0 saturated carbocycles. The van der Waals surface area contributed by atoms with Gasteiger partial charge in [-0.3, -0.25) is 8.42 Å². The Balaban J connectivity index is -0.0000000267. The van der Waals surface area contributed by atoms with E-state index in [2.05, 4.69) is 0 Å². The minimum absolute atomic E-state index is 0. The molecule has 6 nitrogen and oxygen atoms in total. The van der Waals surface area contributed by atoms with Gasteiger partial charge in [-0.25, -0.2) is 0 Å². The zero-order chi connectivity index (χ0) is 4.50. The van der Waals surface area contributed by atoms with Crippen molar-refractivity contribution in [1.82, 2.24) is 12.3 Å². The summed E-state index contributed by atoms with van der Waals surface area (Å²) >= 11 is 0. The average molecular weight is 230 g/mol. The summed E-state index contributed by atoms with van der Waals surface area (Å²) in [5, 5.41) is 0. The quantitative estimate of drug-likeness (QED) is 0.262. The van der Waals surface area contributed by atoms with Gasteiger partial charge in [0.2, 0.25) is 0 Å². The monoisotopic (exact) mass is 230 g/mol. The Morgan fingerprint density at radius 3 is 1.00 bits per heavy atom. The standard InChI is InChI=1S/2N.H2O4S.Pd/c;;1-5(2,3)4;/h;;(H2,1,2,3,4);/q;;;+2/p-2. The molecular formula is N2O4PdS. The SMILES string of the molecule is O=S(=O)([O-])[O-].[N].[N].[Pd+2]. The molecule has 8 heteroatoms. The maximum Gasteiger partial charge on any atom is 2.00 e. The largest absolute Gasteiger partial charge is 2.00 e. The van der Waals surface area contributed by atoms with Gasteiger partial charge in [0.25, 0.3) is 0 Å². The van der Waals surface area contributed by atoms with E-state index >= 15 is 0 Å². The molecule has 0 aromatic heterocycles. The summed E-state index contributed by atoms with van der Waals surface area (Å²) in [7, 11) is -5.17.